The predicted molar refractivity (Wildman–Crippen MR) is 56.3 cm³/mol. The highest BCUT2D eigenvalue weighted by molar-refractivity contribution is 6.08. The summed E-state index contributed by atoms with van der Waals surface area (Å²) in [5, 5.41) is 11.8. The van der Waals surface area contributed by atoms with E-state index in [1.807, 2.05) is 5.32 Å². The molecule has 0 radical (unpaired) electrons. The van der Waals surface area contributed by atoms with Gasteiger partial charge in [-0.05, 0) is 6.07 Å². The molecule has 8 nitrogen and oxygen atoms in total. The molecule has 2 N–H and O–H groups in total. The summed E-state index contributed by atoms with van der Waals surface area (Å²) in [6, 6.07) is -0.227. The Hall–Kier alpha value is -2.90. The third kappa shape index (κ3) is 1.32. The molecule has 5 amide bonds. The highest BCUT2D eigenvalue weighted by atomic mass is 16.3. The first-order valence-corrected chi connectivity index (χ1v) is 4.83. The van der Waals surface area contributed by atoms with Gasteiger partial charge in [0.25, 0.3) is 5.91 Å². The number of imide groups is 1. The number of aliphatic imine (C=N–C) groups is 1. The Kier molecular flexibility index (Phi) is 1.88. The van der Waals surface area contributed by atoms with E-state index >= 15 is 0 Å². The van der Waals surface area contributed by atoms with Crippen molar-refractivity contribution in [1.29, 1.82) is 0 Å². The maximum absolute atomic E-state index is 11.6. The number of phenolic OH excluding ortho intramolecular Hbond substituents is 1. The second-order valence-corrected chi connectivity index (χ2v) is 3.58. The summed E-state index contributed by atoms with van der Waals surface area (Å²) >= 11 is 0. The molecule has 1 aromatic rings. The Morgan fingerprint density at radius 1 is 1.17 bits per heavy atom. The van der Waals surface area contributed by atoms with Gasteiger partial charge in [-0.15, -0.1) is 0 Å². The van der Waals surface area contributed by atoms with Crippen LogP contribution in [-0.4, -0.2) is 29.3 Å². The normalized spacial score (nSPS) is 16.3. The number of carbonyl (C=O) groups is 3. The summed E-state index contributed by atoms with van der Waals surface area (Å²) in [6.07, 6.45) is 1.19. The largest absolute Gasteiger partial charge is 0.505 e. The molecule has 0 saturated carbocycles. The summed E-state index contributed by atoms with van der Waals surface area (Å²) in [6.45, 7) is 0. The van der Waals surface area contributed by atoms with Crippen molar-refractivity contribution in [2.24, 2.45) is 15.0 Å². The standard InChI is InChI=1S/C10H4N4O4/c15-7-5-4(12-10(18)14-8(5)16)1-3-2-11-9(17)13-6(3)7/h1-2,15H,(H,14,16,18). The topological polar surface area (TPSA) is 121 Å². The van der Waals surface area contributed by atoms with Gasteiger partial charge in [0.05, 0.1) is 5.36 Å². The van der Waals surface area contributed by atoms with Gasteiger partial charge in [0.1, 0.15) is 10.9 Å². The monoisotopic (exact) mass is 244 g/mol. The Morgan fingerprint density at radius 2 is 1.94 bits per heavy atom. The maximum atomic E-state index is 11.6. The van der Waals surface area contributed by atoms with E-state index in [1.165, 1.54) is 12.3 Å². The van der Waals surface area contributed by atoms with Crippen molar-refractivity contribution in [3.05, 3.63) is 27.9 Å². The van der Waals surface area contributed by atoms with Crippen LogP contribution in [0.15, 0.2) is 21.0 Å². The number of fused-ring (bicyclic) bond motifs is 2. The summed E-state index contributed by atoms with van der Waals surface area (Å²) < 4.78 is 0. The molecule has 2 aliphatic rings. The fraction of sp³-hybridized carbons (Fsp3) is 0. The lowest BCUT2D eigenvalue weighted by molar-refractivity contribution is 0.0957. The van der Waals surface area contributed by atoms with Gasteiger partial charge in [0, 0.05) is 11.8 Å². The molecular weight excluding hydrogens is 240 g/mol. The van der Waals surface area contributed by atoms with Crippen LogP contribution >= 0.6 is 0 Å². The maximum Gasteiger partial charge on any atom is 0.367 e. The molecule has 0 fully saturated rings. The Balaban J connectivity index is 2.48. The number of hydrogen-bond acceptors (Lipinski definition) is 4. The Labute approximate surface area is 98.4 Å². The molecule has 0 aromatic heterocycles. The molecule has 8 heteroatoms. The zero-order valence-electron chi connectivity index (χ0n) is 8.67. The molecule has 0 atom stereocenters. The summed E-state index contributed by atoms with van der Waals surface area (Å²) in [5.41, 5.74) is 0.136. The second kappa shape index (κ2) is 3.29. The van der Waals surface area contributed by atoms with E-state index in [4.69, 9.17) is 0 Å². The smallest absolute Gasteiger partial charge is 0.367 e. The average Bonchev–Trinajstić information content (AvgIpc) is 2.29. The van der Waals surface area contributed by atoms with Crippen LogP contribution in [0, 0.1) is 0 Å². The van der Waals surface area contributed by atoms with Gasteiger partial charge in [-0.2, -0.15) is 15.0 Å². The minimum absolute atomic E-state index is 0.0241. The molecule has 18 heavy (non-hydrogen) atoms. The number of amides is 5. The number of benzene rings is 1. The Bertz CT molecular complexity index is 778. The third-order valence-electron chi connectivity index (χ3n) is 2.47. The highest BCUT2D eigenvalue weighted by Gasteiger charge is 2.24. The molecule has 0 aliphatic carbocycles. The van der Waals surface area contributed by atoms with E-state index in [0.717, 1.165) is 0 Å². The van der Waals surface area contributed by atoms with Crippen LogP contribution in [0.3, 0.4) is 0 Å². The van der Waals surface area contributed by atoms with Crippen LogP contribution in [0.2, 0.25) is 0 Å². The number of hydrogen-bond donors (Lipinski definition) is 2. The first kappa shape index (κ1) is 10.3. The van der Waals surface area contributed by atoms with Crippen molar-refractivity contribution >= 4 is 24.2 Å². The van der Waals surface area contributed by atoms with E-state index in [0.29, 0.717) is 5.56 Å². The van der Waals surface area contributed by atoms with Crippen LogP contribution in [0.25, 0.3) is 0 Å². The summed E-state index contributed by atoms with van der Waals surface area (Å²) in [5.74, 6) is -1.27. The number of nitrogens with one attached hydrogen (secondary N) is 1. The van der Waals surface area contributed by atoms with Crippen LogP contribution in [0.5, 0.6) is 5.75 Å². The van der Waals surface area contributed by atoms with Crippen molar-refractivity contribution in [2.45, 2.75) is 0 Å². The van der Waals surface area contributed by atoms with Crippen LogP contribution in [-0.2, 0) is 0 Å². The fourth-order valence-electron chi connectivity index (χ4n) is 1.74. The predicted octanol–water partition coefficient (Wildman–Crippen LogP) is -0.953. The van der Waals surface area contributed by atoms with E-state index in [2.05, 4.69) is 15.0 Å². The zero-order chi connectivity index (χ0) is 12.9. The Morgan fingerprint density at radius 3 is 2.72 bits per heavy atom. The minimum atomic E-state index is -0.812. The number of carbonyl (C=O) groups excluding carboxylic acids is 3. The second-order valence-electron chi connectivity index (χ2n) is 3.58. The molecule has 0 saturated heterocycles. The van der Waals surface area contributed by atoms with Crippen molar-refractivity contribution in [2.75, 3.05) is 0 Å². The minimum Gasteiger partial charge on any atom is -0.505 e. The first-order valence-electron chi connectivity index (χ1n) is 4.83. The summed E-state index contributed by atoms with van der Waals surface area (Å²) in [7, 11) is 0. The van der Waals surface area contributed by atoms with E-state index in [1.54, 1.807) is 0 Å². The number of phenols is 1. The lowest BCUT2D eigenvalue weighted by atomic mass is 10.1. The number of nitrogens with zero attached hydrogens (tertiary/aromatic N) is 3. The van der Waals surface area contributed by atoms with Crippen molar-refractivity contribution in [3.63, 3.8) is 0 Å². The average molecular weight is 244 g/mol. The molecule has 3 rings (SSSR count). The van der Waals surface area contributed by atoms with E-state index in [-0.39, 0.29) is 16.3 Å². The van der Waals surface area contributed by atoms with Crippen molar-refractivity contribution in [1.82, 2.24) is 5.32 Å². The SMILES string of the molecule is O=C1N=Cc2cc3c(c(O)c2=N1)C(=O)NC(=O)N=3. The highest BCUT2D eigenvalue weighted by Crippen LogP contribution is 2.11. The number of aromatic hydroxyl groups is 1. The van der Waals surface area contributed by atoms with Gasteiger partial charge in [-0.25, -0.2) is 9.59 Å². The van der Waals surface area contributed by atoms with Gasteiger partial charge in [-0.1, -0.05) is 0 Å². The number of urea groups is 2. The van der Waals surface area contributed by atoms with Gasteiger partial charge >= 0.3 is 12.1 Å². The molecular formula is C10H4N4O4. The lowest BCUT2D eigenvalue weighted by Crippen LogP contribution is -2.40. The zero-order valence-corrected chi connectivity index (χ0v) is 8.67. The van der Waals surface area contributed by atoms with Gasteiger partial charge < -0.3 is 5.11 Å². The van der Waals surface area contributed by atoms with Crippen molar-refractivity contribution < 1.29 is 19.5 Å². The molecule has 88 valence electrons. The quantitative estimate of drug-likeness (QED) is 0.610. The van der Waals surface area contributed by atoms with E-state index in [9.17, 15) is 19.5 Å². The molecule has 0 spiro atoms. The summed E-state index contributed by atoms with van der Waals surface area (Å²) in [4.78, 5) is 44.2. The lowest BCUT2D eigenvalue weighted by Gasteiger charge is -2.11. The number of rotatable bonds is 0. The van der Waals surface area contributed by atoms with Gasteiger partial charge in [0.15, 0.2) is 5.75 Å². The molecule has 0 unspecified atom stereocenters. The third-order valence-corrected chi connectivity index (χ3v) is 2.47. The van der Waals surface area contributed by atoms with Gasteiger partial charge in [0.2, 0.25) is 0 Å². The fourth-order valence-corrected chi connectivity index (χ4v) is 1.74. The molecule has 2 aliphatic heterocycles. The molecule has 0 bridgehead atoms. The van der Waals surface area contributed by atoms with E-state index < -0.39 is 23.7 Å². The van der Waals surface area contributed by atoms with Gasteiger partial charge in [-0.3, -0.25) is 10.1 Å². The van der Waals surface area contributed by atoms with Crippen LogP contribution in [0.1, 0.15) is 15.9 Å². The molecule has 1 aromatic carbocycles. The van der Waals surface area contributed by atoms with Crippen LogP contribution < -0.4 is 16.0 Å². The molecule has 2 heterocycles. The first-order chi connectivity index (χ1) is 8.56. The van der Waals surface area contributed by atoms with Crippen molar-refractivity contribution in [3.8, 4) is 5.75 Å². The van der Waals surface area contributed by atoms with Crippen LogP contribution in [0.4, 0.5) is 9.59 Å².